The van der Waals surface area contributed by atoms with Gasteiger partial charge in [-0.25, -0.2) is 9.97 Å². The van der Waals surface area contributed by atoms with Crippen molar-refractivity contribution >= 4 is 34.8 Å². The van der Waals surface area contributed by atoms with Gasteiger partial charge < -0.3 is 15.4 Å². The van der Waals surface area contributed by atoms with Gasteiger partial charge in [0.05, 0.1) is 24.0 Å². The van der Waals surface area contributed by atoms with Crippen LogP contribution in [0.2, 0.25) is 5.02 Å². The molecule has 0 fully saturated rings. The first-order chi connectivity index (χ1) is 16.4. The predicted octanol–water partition coefficient (Wildman–Crippen LogP) is 5.89. The third-order valence-electron chi connectivity index (χ3n) is 5.23. The maximum atomic E-state index is 12.8. The minimum absolute atomic E-state index is 0.220. The van der Waals surface area contributed by atoms with Gasteiger partial charge in [0, 0.05) is 23.5 Å². The highest BCUT2D eigenvalue weighted by Gasteiger charge is 2.15. The van der Waals surface area contributed by atoms with Crippen LogP contribution in [0.5, 0.6) is 5.75 Å². The van der Waals surface area contributed by atoms with Crippen LogP contribution in [0.1, 0.15) is 35.8 Å². The number of ether oxygens (including phenoxy) is 1. The predicted molar refractivity (Wildman–Crippen MR) is 134 cm³/mol. The van der Waals surface area contributed by atoms with Crippen LogP contribution < -0.4 is 15.4 Å². The zero-order valence-corrected chi connectivity index (χ0v) is 20.1. The lowest BCUT2D eigenvalue weighted by molar-refractivity contribution is 0.102. The van der Waals surface area contributed by atoms with E-state index in [1.165, 1.54) is 13.3 Å². The molecule has 9 heteroatoms. The molecule has 8 nitrogen and oxygen atoms in total. The van der Waals surface area contributed by atoms with Crippen molar-refractivity contribution in [3.05, 3.63) is 77.1 Å². The molecule has 174 valence electrons. The first-order valence-electron chi connectivity index (χ1n) is 10.8. The van der Waals surface area contributed by atoms with E-state index in [0.717, 1.165) is 11.3 Å². The Morgan fingerprint density at radius 3 is 2.62 bits per heavy atom. The lowest BCUT2D eigenvalue weighted by atomic mass is 10.1. The highest BCUT2D eigenvalue weighted by molar-refractivity contribution is 6.32. The van der Waals surface area contributed by atoms with E-state index in [1.54, 1.807) is 18.2 Å². The van der Waals surface area contributed by atoms with Crippen molar-refractivity contribution in [2.45, 2.75) is 26.8 Å². The van der Waals surface area contributed by atoms with Crippen LogP contribution in [0.3, 0.4) is 0 Å². The summed E-state index contributed by atoms with van der Waals surface area (Å²) in [4.78, 5) is 21.6. The smallest absolute Gasteiger partial charge is 0.255 e. The Balaban J connectivity index is 1.57. The van der Waals surface area contributed by atoms with Gasteiger partial charge in [0.15, 0.2) is 0 Å². The van der Waals surface area contributed by atoms with Crippen LogP contribution in [0, 0.1) is 6.92 Å². The number of nitrogens with one attached hydrogen (secondary N) is 2. The van der Waals surface area contributed by atoms with Crippen molar-refractivity contribution in [3.8, 4) is 17.1 Å². The molecule has 2 aromatic heterocycles. The number of hydrogen-bond donors (Lipinski definition) is 2. The number of methoxy groups -OCH3 is 1. The number of carbonyl (C=O) groups is 1. The molecule has 1 amide bonds. The number of anilines is 3. The average molecular weight is 477 g/mol. The molecule has 0 aliphatic heterocycles. The van der Waals surface area contributed by atoms with E-state index in [9.17, 15) is 4.79 Å². The standard InChI is InChI=1S/C25H25ClN6O2/c1-15(2)32-12-11-21(31-32)23-18(26)14-27-25(30-23)29-20-10-9-17(13-22(20)34-4)24(33)28-19-8-6-5-7-16(19)3/h5-15H,1-4H3,(H,28,33)(H,27,29,30). The molecular formula is C25H25ClN6O2. The summed E-state index contributed by atoms with van der Waals surface area (Å²) in [5, 5.41) is 11.0. The highest BCUT2D eigenvalue weighted by atomic mass is 35.5. The van der Waals surface area contributed by atoms with Crippen LogP contribution in [0.25, 0.3) is 11.4 Å². The van der Waals surface area contributed by atoms with E-state index >= 15 is 0 Å². The third-order valence-corrected chi connectivity index (χ3v) is 5.50. The van der Waals surface area contributed by atoms with Gasteiger partial charge in [-0.15, -0.1) is 0 Å². The number of nitrogens with zero attached hydrogens (tertiary/aromatic N) is 4. The lowest BCUT2D eigenvalue weighted by Crippen LogP contribution is -2.13. The zero-order chi connectivity index (χ0) is 24.2. The van der Waals surface area contributed by atoms with Gasteiger partial charge in [0.25, 0.3) is 5.91 Å². The molecule has 0 bridgehead atoms. The number of carbonyl (C=O) groups excluding carboxylic acids is 1. The molecule has 0 atom stereocenters. The number of para-hydroxylation sites is 1. The first-order valence-corrected chi connectivity index (χ1v) is 11.1. The summed E-state index contributed by atoms with van der Waals surface area (Å²) in [5.74, 6) is 0.570. The highest BCUT2D eigenvalue weighted by Crippen LogP contribution is 2.30. The van der Waals surface area contributed by atoms with E-state index in [0.29, 0.717) is 39.4 Å². The molecule has 0 aliphatic rings. The second kappa shape index (κ2) is 9.93. The number of halogens is 1. The number of aryl methyl sites for hydroxylation is 1. The zero-order valence-electron chi connectivity index (χ0n) is 19.3. The SMILES string of the molecule is COc1cc(C(=O)Nc2ccccc2C)ccc1Nc1ncc(Cl)c(-c2ccn(C(C)C)n2)n1. The number of hydrogen-bond acceptors (Lipinski definition) is 6. The van der Waals surface area contributed by atoms with E-state index in [4.69, 9.17) is 16.3 Å². The van der Waals surface area contributed by atoms with Crippen LogP contribution >= 0.6 is 11.6 Å². The molecule has 4 aromatic rings. The molecule has 34 heavy (non-hydrogen) atoms. The molecule has 2 heterocycles. The Bertz CT molecular complexity index is 1330. The molecule has 0 saturated heterocycles. The average Bonchev–Trinajstić information content (AvgIpc) is 3.32. The summed E-state index contributed by atoms with van der Waals surface area (Å²) in [6, 6.07) is 14.8. The minimum atomic E-state index is -0.232. The quantitative estimate of drug-likeness (QED) is 0.345. The summed E-state index contributed by atoms with van der Waals surface area (Å²) in [6.07, 6.45) is 3.41. The van der Waals surface area contributed by atoms with Crippen LogP contribution in [-0.4, -0.2) is 32.8 Å². The monoisotopic (exact) mass is 476 g/mol. The normalized spacial score (nSPS) is 10.9. The molecule has 0 radical (unpaired) electrons. The summed E-state index contributed by atoms with van der Waals surface area (Å²) in [6.45, 7) is 6.03. The van der Waals surface area contributed by atoms with Crippen molar-refractivity contribution in [3.63, 3.8) is 0 Å². The molecule has 0 aliphatic carbocycles. The molecule has 2 aromatic carbocycles. The number of aromatic nitrogens is 4. The Hall–Kier alpha value is -3.91. The maximum Gasteiger partial charge on any atom is 0.255 e. The summed E-state index contributed by atoms with van der Waals surface area (Å²) in [7, 11) is 1.54. The third kappa shape index (κ3) is 5.02. The van der Waals surface area contributed by atoms with Crippen molar-refractivity contribution in [1.82, 2.24) is 19.7 Å². The fourth-order valence-corrected chi connectivity index (χ4v) is 3.51. The summed E-state index contributed by atoms with van der Waals surface area (Å²) in [5.41, 5.74) is 3.98. The molecule has 0 unspecified atom stereocenters. The molecule has 4 rings (SSSR count). The Morgan fingerprint density at radius 2 is 1.91 bits per heavy atom. The molecule has 2 N–H and O–H groups in total. The Morgan fingerprint density at radius 1 is 1.12 bits per heavy atom. The van der Waals surface area contributed by atoms with Gasteiger partial charge >= 0.3 is 0 Å². The number of rotatable bonds is 7. The van der Waals surface area contributed by atoms with Crippen LogP contribution in [-0.2, 0) is 0 Å². The van der Waals surface area contributed by atoms with Crippen molar-refractivity contribution in [1.29, 1.82) is 0 Å². The van der Waals surface area contributed by atoms with Crippen LogP contribution in [0.15, 0.2) is 60.9 Å². The second-order valence-electron chi connectivity index (χ2n) is 7.97. The topological polar surface area (TPSA) is 94.0 Å². The van der Waals surface area contributed by atoms with Crippen molar-refractivity contribution in [2.75, 3.05) is 17.7 Å². The van der Waals surface area contributed by atoms with E-state index in [1.807, 2.05) is 62.0 Å². The Kier molecular flexibility index (Phi) is 6.79. The van der Waals surface area contributed by atoms with Gasteiger partial charge in [-0.1, -0.05) is 29.8 Å². The Labute approximate surface area is 203 Å². The summed E-state index contributed by atoms with van der Waals surface area (Å²) < 4.78 is 7.35. The lowest BCUT2D eigenvalue weighted by Gasteiger charge is -2.13. The first kappa shape index (κ1) is 23.3. The minimum Gasteiger partial charge on any atom is -0.495 e. The van der Waals surface area contributed by atoms with Gasteiger partial charge in [-0.2, -0.15) is 5.10 Å². The summed E-state index contributed by atoms with van der Waals surface area (Å²) >= 11 is 6.34. The van der Waals surface area contributed by atoms with E-state index in [2.05, 4.69) is 25.7 Å². The van der Waals surface area contributed by atoms with Crippen LogP contribution in [0.4, 0.5) is 17.3 Å². The molecule has 0 saturated carbocycles. The van der Waals surface area contributed by atoms with Crippen molar-refractivity contribution < 1.29 is 9.53 Å². The molecule has 0 spiro atoms. The number of amides is 1. The fraction of sp³-hybridized carbons (Fsp3) is 0.200. The van der Waals surface area contributed by atoms with E-state index < -0.39 is 0 Å². The largest absolute Gasteiger partial charge is 0.495 e. The van der Waals surface area contributed by atoms with Crippen molar-refractivity contribution in [2.24, 2.45) is 0 Å². The number of benzene rings is 2. The molecular weight excluding hydrogens is 452 g/mol. The maximum absolute atomic E-state index is 12.8. The van der Waals surface area contributed by atoms with Gasteiger partial charge in [-0.05, 0) is 56.7 Å². The second-order valence-corrected chi connectivity index (χ2v) is 8.38. The van der Waals surface area contributed by atoms with Gasteiger partial charge in [0.2, 0.25) is 5.95 Å². The van der Waals surface area contributed by atoms with Gasteiger partial charge in [0.1, 0.15) is 17.1 Å². The fourth-order valence-electron chi connectivity index (χ4n) is 3.32. The van der Waals surface area contributed by atoms with E-state index in [-0.39, 0.29) is 11.9 Å². The van der Waals surface area contributed by atoms with Gasteiger partial charge in [-0.3, -0.25) is 9.48 Å².